The Hall–Kier alpha value is -1.28. The van der Waals surface area contributed by atoms with Crippen molar-refractivity contribution in [2.75, 3.05) is 0 Å². The third kappa shape index (κ3) is 1.60. The molecule has 0 aliphatic heterocycles. The van der Waals surface area contributed by atoms with Gasteiger partial charge in [-0.2, -0.15) is 5.26 Å². The molecule has 0 radical (unpaired) electrons. The van der Waals surface area contributed by atoms with Crippen LogP contribution >= 0.6 is 11.8 Å². The van der Waals surface area contributed by atoms with Gasteiger partial charge in [0.2, 0.25) is 0 Å². The van der Waals surface area contributed by atoms with Gasteiger partial charge in [-0.25, -0.2) is 9.78 Å². The molecule has 4 nitrogen and oxygen atoms in total. The van der Waals surface area contributed by atoms with Crippen LogP contribution in [0, 0.1) is 10.7 Å². The fourth-order valence-electron chi connectivity index (χ4n) is 0.461. The van der Waals surface area contributed by atoms with Gasteiger partial charge in [-0.3, -0.25) is 4.98 Å². The number of nitriles is 1. The highest BCUT2D eigenvalue weighted by Gasteiger charge is 1.90. The lowest BCUT2D eigenvalue weighted by molar-refractivity contribution is 0.982. The number of hydrogen-bond acceptors (Lipinski definition) is 4. The highest BCUT2D eigenvalue weighted by atomic mass is 32.2. The number of nitrogens with zero attached hydrogens (tertiary/aromatic N) is 2. The molecule has 1 rings (SSSR count). The molecular weight excluding hydrogens is 150 g/mol. The van der Waals surface area contributed by atoms with E-state index < -0.39 is 5.69 Å². The first kappa shape index (κ1) is 6.83. The molecule has 0 saturated heterocycles. The van der Waals surface area contributed by atoms with E-state index in [1.807, 2.05) is 5.40 Å². The number of nitrogens with one attached hydrogen (secondary N) is 1. The standard InChI is InChI=1S/C5H3N3OS/c6-3-10-4-1-2-7-5(9)8-4/h1-2H,(H,7,8,9). The summed E-state index contributed by atoms with van der Waals surface area (Å²) in [6.45, 7) is 0. The number of thiocyanates is 1. The summed E-state index contributed by atoms with van der Waals surface area (Å²) in [5.74, 6) is 0. The molecule has 0 fully saturated rings. The minimum atomic E-state index is -0.430. The maximum atomic E-state index is 10.5. The normalized spacial score (nSPS) is 8.70. The van der Waals surface area contributed by atoms with Gasteiger partial charge in [0.1, 0.15) is 5.40 Å². The fraction of sp³-hybridized carbons (Fsp3) is 0. The zero-order chi connectivity index (χ0) is 7.40. The Labute approximate surface area is 60.9 Å². The second kappa shape index (κ2) is 3.03. The molecule has 1 N–H and O–H groups in total. The Bertz CT molecular complexity index is 313. The van der Waals surface area contributed by atoms with Crippen molar-refractivity contribution < 1.29 is 0 Å². The minimum absolute atomic E-state index is 0.430. The van der Waals surface area contributed by atoms with Crippen molar-refractivity contribution in [3.8, 4) is 5.40 Å². The molecule has 10 heavy (non-hydrogen) atoms. The van der Waals surface area contributed by atoms with Gasteiger partial charge >= 0.3 is 5.69 Å². The van der Waals surface area contributed by atoms with Crippen LogP contribution in [0.25, 0.3) is 0 Å². The molecule has 1 aromatic heterocycles. The molecular formula is C5H3N3OS. The predicted molar refractivity (Wildman–Crippen MR) is 36.3 cm³/mol. The summed E-state index contributed by atoms with van der Waals surface area (Å²) in [6, 6.07) is 1.56. The van der Waals surface area contributed by atoms with Gasteiger partial charge in [-0.15, -0.1) is 0 Å². The molecule has 5 heteroatoms. The lowest BCUT2D eigenvalue weighted by atomic mass is 10.7. The number of aromatic amines is 1. The van der Waals surface area contributed by atoms with E-state index in [4.69, 9.17) is 5.26 Å². The van der Waals surface area contributed by atoms with E-state index in [2.05, 4.69) is 9.97 Å². The second-order valence-corrected chi connectivity index (χ2v) is 2.26. The first-order valence-corrected chi connectivity index (χ1v) is 3.26. The van der Waals surface area contributed by atoms with Crippen molar-refractivity contribution in [1.82, 2.24) is 9.97 Å². The first-order valence-electron chi connectivity index (χ1n) is 2.44. The Morgan fingerprint density at radius 3 is 3.20 bits per heavy atom. The van der Waals surface area contributed by atoms with Gasteiger partial charge in [-0.1, -0.05) is 0 Å². The Balaban J connectivity index is 2.98. The number of rotatable bonds is 1. The summed E-state index contributed by atoms with van der Waals surface area (Å²) in [5.41, 5.74) is -0.430. The Morgan fingerprint density at radius 1 is 1.80 bits per heavy atom. The van der Waals surface area contributed by atoms with Gasteiger partial charge in [0.05, 0.1) is 5.03 Å². The maximum Gasteiger partial charge on any atom is 0.345 e. The molecule has 0 saturated carbocycles. The zero-order valence-electron chi connectivity index (χ0n) is 4.87. The van der Waals surface area contributed by atoms with Crippen LogP contribution in [-0.2, 0) is 0 Å². The monoisotopic (exact) mass is 153 g/mol. The molecule has 50 valence electrons. The number of hydrogen-bond donors (Lipinski definition) is 1. The lowest BCUT2D eigenvalue weighted by Crippen LogP contribution is -2.08. The van der Waals surface area contributed by atoms with Gasteiger partial charge < -0.3 is 0 Å². The topological polar surface area (TPSA) is 69.5 Å². The minimum Gasteiger partial charge on any atom is -0.300 e. The van der Waals surface area contributed by atoms with Crippen molar-refractivity contribution in [3.05, 3.63) is 22.7 Å². The van der Waals surface area contributed by atoms with E-state index in [-0.39, 0.29) is 0 Å². The SMILES string of the molecule is N#CSc1ccnc(=O)[nH]1. The smallest absolute Gasteiger partial charge is 0.300 e. The van der Waals surface area contributed by atoms with Gasteiger partial charge in [0, 0.05) is 18.0 Å². The maximum absolute atomic E-state index is 10.5. The molecule has 0 bridgehead atoms. The van der Waals surface area contributed by atoms with Gasteiger partial charge in [0.15, 0.2) is 0 Å². The predicted octanol–water partition coefficient (Wildman–Crippen LogP) is 0.343. The number of aromatic nitrogens is 2. The van der Waals surface area contributed by atoms with Crippen LogP contribution in [0.1, 0.15) is 0 Å². The van der Waals surface area contributed by atoms with Gasteiger partial charge in [0.25, 0.3) is 0 Å². The average molecular weight is 153 g/mol. The van der Waals surface area contributed by atoms with Crippen LogP contribution in [0.15, 0.2) is 22.1 Å². The van der Waals surface area contributed by atoms with Crippen molar-refractivity contribution in [2.24, 2.45) is 0 Å². The van der Waals surface area contributed by atoms with Crippen LogP contribution in [0.4, 0.5) is 0 Å². The molecule has 0 spiro atoms. The van der Waals surface area contributed by atoms with Crippen molar-refractivity contribution in [1.29, 1.82) is 5.26 Å². The summed E-state index contributed by atoms with van der Waals surface area (Å²) in [5, 5.41) is 10.5. The van der Waals surface area contributed by atoms with Crippen LogP contribution < -0.4 is 5.69 Å². The summed E-state index contributed by atoms with van der Waals surface area (Å²) in [7, 11) is 0. The van der Waals surface area contributed by atoms with Crippen molar-refractivity contribution in [2.45, 2.75) is 5.03 Å². The van der Waals surface area contributed by atoms with E-state index in [9.17, 15) is 4.79 Å². The quantitative estimate of drug-likeness (QED) is 0.359. The molecule has 0 aromatic carbocycles. The van der Waals surface area contributed by atoms with E-state index in [1.54, 1.807) is 6.07 Å². The summed E-state index contributed by atoms with van der Waals surface area (Å²) < 4.78 is 0. The number of H-pyrrole nitrogens is 1. The highest BCUT2D eigenvalue weighted by Crippen LogP contribution is 2.08. The average Bonchev–Trinajstić information content (AvgIpc) is 1.88. The highest BCUT2D eigenvalue weighted by molar-refractivity contribution is 8.03. The molecule has 0 atom stereocenters. The fourth-order valence-corrected chi connectivity index (χ4v) is 0.826. The van der Waals surface area contributed by atoms with E-state index >= 15 is 0 Å². The third-order valence-electron chi connectivity index (χ3n) is 0.803. The zero-order valence-corrected chi connectivity index (χ0v) is 5.68. The van der Waals surface area contributed by atoms with Crippen LogP contribution in [0.5, 0.6) is 0 Å². The molecule has 0 unspecified atom stereocenters. The van der Waals surface area contributed by atoms with Gasteiger partial charge in [-0.05, 0) is 6.07 Å². The molecule has 0 aliphatic rings. The van der Waals surface area contributed by atoms with Crippen molar-refractivity contribution in [3.63, 3.8) is 0 Å². The first-order chi connectivity index (χ1) is 4.83. The summed E-state index contributed by atoms with van der Waals surface area (Å²) in [4.78, 5) is 16.2. The third-order valence-corrected chi connectivity index (χ3v) is 1.35. The summed E-state index contributed by atoms with van der Waals surface area (Å²) >= 11 is 0.899. The molecule has 0 aliphatic carbocycles. The van der Waals surface area contributed by atoms with E-state index in [0.29, 0.717) is 5.03 Å². The number of thioether (sulfide) groups is 1. The van der Waals surface area contributed by atoms with Crippen molar-refractivity contribution >= 4 is 11.8 Å². The van der Waals surface area contributed by atoms with Crippen LogP contribution in [0.2, 0.25) is 0 Å². The molecule has 1 aromatic rings. The Morgan fingerprint density at radius 2 is 2.60 bits per heavy atom. The van der Waals surface area contributed by atoms with E-state index in [0.717, 1.165) is 11.8 Å². The second-order valence-electron chi connectivity index (χ2n) is 1.43. The largest absolute Gasteiger partial charge is 0.345 e. The summed E-state index contributed by atoms with van der Waals surface area (Å²) in [6.07, 6.45) is 1.36. The van der Waals surface area contributed by atoms with Crippen LogP contribution in [0.3, 0.4) is 0 Å². The Kier molecular flexibility index (Phi) is 2.07. The lowest BCUT2D eigenvalue weighted by Gasteiger charge is -1.87. The molecule has 0 amide bonds. The molecule has 1 heterocycles. The van der Waals surface area contributed by atoms with Crippen LogP contribution in [-0.4, -0.2) is 9.97 Å². The van der Waals surface area contributed by atoms with E-state index in [1.165, 1.54) is 6.20 Å².